The second kappa shape index (κ2) is 9.50. The Balaban J connectivity index is 4.00. The Morgan fingerprint density at radius 3 is 0.765 bits per heavy atom. The van der Waals surface area contributed by atoms with Crippen LogP contribution < -0.4 is 0 Å². The molecular formula is C26H44O8. The van der Waals surface area contributed by atoms with Crippen molar-refractivity contribution in [2.75, 3.05) is 0 Å². The van der Waals surface area contributed by atoms with Gasteiger partial charge in [-0.1, -0.05) is 12.8 Å². The van der Waals surface area contributed by atoms with E-state index in [1.165, 1.54) is 0 Å². The standard InChI is InChI=1S/C26H44O8/c1-21(2,3)31-17(27)25(18(28)32-22(4,5)6)15-13-14-16-26(25,19(29)33-23(7,8)9)20(30)34-24(10,11)12/h13-16H2,1-12H3. The molecule has 0 saturated heterocycles. The van der Waals surface area contributed by atoms with Gasteiger partial charge in [0, 0.05) is 0 Å². The summed E-state index contributed by atoms with van der Waals surface area (Å²) in [6.45, 7) is 19.8. The summed E-state index contributed by atoms with van der Waals surface area (Å²) in [4.78, 5) is 55.5. The molecule has 0 aliphatic heterocycles. The molecule has 0 amide bonds. The number of hydrogen-bond acceptors (Lipinski definition) is 8. The number of carbonyl (C=O) groups is 4. The van der Waals surface area contributed by atoms with Gasteiger partial charge in [0.05, 0.1) is 0 Å². The average Bonchev–Trinajstić information content (AvgIpc) is 2.54. The lowest BCUT2D eigenvalue weighted by molar-refractivity contribution is -0.222. The highest BCUT2D eigenvalue weighted by molar-refractivity contribution is 6.15. The van der Waals surface area contributed by atoms with Crippen molar-refractivity contribution >= 4 is 23.9 Å². The van der Waals surface area contributed by atoms with Crippen molar-refractivity contribution in [1.82, 2.24) is 0 Å². The van der Waals surface area contributed by atoms with Gasteiger partial charge in [-0.2, -0.15) is 0 Å². The Kier molecular flexibility index (Phi) is 8.35. The molecule has 0 aromatic heterocycles. The second-order valence-corrected chi connectivity index (χ2v) is 13.0. The van der Waals surface area contributed by atoms with Crippen molar-refractivity contribution in [2.24, 2.45) is 10.8 Å². The van der Waals surface area contributed by atoms with Crippen LogP contribution in [-0.2, 0) is 38.1 Å². The fourth-order valence-corrected chi connectivity index (χ4v) is 3.94. The maximum absolute atomic E-state index is 13.9. The van der Waals surface area contributed by atoms with Gasteiger partial charge in [-0.25, -0.2) is 0 Å². The molecule has 0 radical (unpaired) electrons. The fraction of sp³-hybridized carbons (Fsp3) is 0.846. The maximum Gasteiger partial charge on any atom is 0.325 e. The Morgan fingerprint density at radius 2 is 0.618 bits per heavy atom. The first kappa shape index (κ1) is 29.9. The first-order valence-electron chi connectivity index (χ1n) is 11.9. The summed E-state index contributed by atoms with van der Waals surface area (Å²) >= 11 is 0. The summed E-state index contributed by atoms with van der Waals surface area (Å²) in [6.07, 6.45) is 0.586. The molecular weight excluding hydrogens is 440 g/mol. The van der Waals surface area contributed by atoms with E-state index >= 15 is 0 Å². The van der Waals surface area contributed by atoms with E-state index in [9.17, 15) is 19.2 Å². The van der Waals surface area contributed by atoms with Crippen LogP contribution in [0.4, 0.5) is 0 Å². The highest BCUT2D eigenvalue weighted by Crippen LogP contribution is 2.55. The van der Waals surface area contributed by atoms with Gasteiger partial charge < -0.3 is 18.9 Å². The molecule has 0 heterocycles. The van der Waals surface area contributed by atoms with E-state index in [2.05, 4.69) is 0 Å². The lowest BCUT2D eigenvalue weighted by atomic mass is 9.55. The highest BCUT2D eigenvalue weighted by atomic mass is 16.6. The van der Waals surface area contributed by atoms with Gasteiger partial charge in [-0.3, -0.25) is 19.2 Å². The Hall–Kier alpha value is -2.12. The molecule has 34 heavy (non-hydrogen) atoms. The quantitative estimate of drug-likeness (QED) is 0.315. The molecule has 0 spiro atoms. The van der Waals surface area contributed by atoms with Crippen molar-refractivity contribution < 1.29 is 38.1 Å². The lowest BCUT2D eigenvalue weighted by Gasteiger charge is -2.48. The molecule has 8 nitrogen and oxygen atoms in total. The zero-order valence-corrected chi connectivity index (χ0v) is 23.1. The molecule has 0 N–H and O–H groups in total. The van der Waals surface area contributed by atoms with Crippen molar-refractivity contribution in [1.29, 1.82) is 0 Å². The Morgan fingerprint density at radius 1 is 0.441 bits per heavy atom. The molecule has 0 bridgehead atoms. The molecule has 8 heteroatoms. The monoisotopic (exact) mass is 484 g/mol. The number of esters is 4. The average molecular weight is 485 g/mol. The third kappa shape index (κ3) is 6.95. The molecule has 0 unspecified atom stereocenters. The summed E-state index contributed by atoms with van der Waals surface area (Å²) in [5.74, 6) is -3.98. The minimum Gasteiger partial charge on any atom is -0.459 e. The van der Waals surface area contributed by atoms with Gasteiger partial charge in [-0.15, -0.1) is 0 Å². The van der Waals surface area contributed by atoms with Gasteiger partial charge in [-0.05, 0) is 95.9 Å². The molecule has 1 aliphatic rings. The molecule has 0 aromatic rings. The van der Waals surface area contributed by atoms with E-state index in [-0.39, 0.29) is 12.8 Å². The molecule has 0 aromatic carbocycles. The molecule has 1 aliphatic carbocycles. The first-order valence-corrected chi connectivity index (χ1v) is 11.9. The van der Waals surface area contributed by atoms with Crippen LogP contribution in [0.3, 0.4) is 0 Å². The summed E-state index contributed by atoms with van der Waals surface area (Å²) in [5.41, 5.74) is -8.49. The summed E-state index contributed by atoms with van der Waals surface area (Å²) < 4.78 is 22.7. The summed E-state index contributed by atoms with van der Waals surface area (Å²) in [5, 5.41) is 0. The van der Waals surface area contributed by atoms with Crippen LogP contribution >= 0.6 is 0 Å². The van der Waals surface area contributed by atoms with Crippen LogP contribution in [0.2, 0.25) is 0 Å². The van der Waals surface area contributed by atoms with E-state index in [0.717, 1.165) is 0 Å². The Labute approximate surface area is 204 Å². The summed E-state index contributed by atoms with van der Waals surface area (Å²) in [6, 6.07) is 0. The molecule has 0 atom stereocenters. The third-order valence-electron chi connectivity index (χ3n) is 5.07. The number of carbonyl (C=O) groups excluding carboxylic acids is 4. The topological polar surface area (TPSA) is 105 Å². The van der Waals surface area contributed by atoms with Crippen LogP contribution in [0.5, 0.6) is 0 Å². The highest BCUT2D eigenvalue weighted by Gasteiger charge is 2.74. The van der Waals surface area contributed by atoms with Crippen LogP contribution in [0.1, 0.15) is 109 Å². The van der Waals surface area contributed by atoms with Gasteiger partial charge >= 0.3 is 23.9 Å². The fourth-order valence-electron chi connectivity index (χ4n) is 3.94. The van der Waals surface area contributed by atoms with Crippen LogP contribution in [-0.4, -0.2) is 46.3 Å². The minimum atomic E-state index is -2.27. The van der Waals surface area contributed by atoms with E-state index < -0.39 is 57.1 Å². The van der Waals surface area contributed by atoms with Gasteiger partial charge in [0.1, 0.15) is 22.4 Å². The lowest BCUT2D eigenvalue weighted by Crippen LogP contribution is -2.66. The third-order valence-corrected chi connectivity index (χ3v) is 5.07. The molecule has 196 valence electrons. The first-order chi connectivity index (χ1) is 15.0. The van der Waals surface area contributed by atoms with E-state index in [4.69, 9.17) is 18.9 Å². The van der Waals surface area contributed by atoms with E-state index in [1.807, 2.05) is 0 Å². The normalized spacial score (nSPS) is 18.5. The number of hydrogen-bond donors (Lipinski definition) is 0. The smallest absolute Gasteiger partial charge is 0.325 e. The minimum absolute atomic E-state index is 0.116. The van der Waals surface area contributed by atoms with E-state index in [1.54, 1.807) is 83.1 Å². The summed E-state index contributed by atoms with van der Waals surface area (Å²) in [7, 11) is 0. The Bertz CT molecular complexity index is 673. The predicted octanol–water partition coefficient (Wildman–Crippen LogP) is 4.90. The SMILES string of the molecule is CC(C)(C)OC(=O)C1(C(=O)OC(C)(C)C)CCCCC1(C(=O)OC(C)(C)C)C(=O)OC(C)(C)C. The van der Waals surface area contributed by atoms with Crippen LogP contribution in [0.15, 0.2) is 0 Å². The largest absolute Gasteiger partial charge is 0.459 e. The van der Waals surface area contributed by atoms with Gasteiger partial charge in [0.2, 0.25) is 0 Å². The van der Waals surface area contributed by atoms with Crippen molar-refractivity contribution in [3.8, 4) is 0 Å². The van der Waals surface area contributed by atoms with Crippen molar-refractivity contribution in [2.45, 2.75) is 131 Å². The van der Waals surface area contributed by atoms with Gasteiger partial charge in [0.15, 0.2) is 10.8 Å². The maximum atomic E-state index is 13.9. The van der Waals surface area contributed by atoms with Gasteiger partial charge in [0.25, 0.3) is 0 Å². The number of ether oxygens (including phenoxy) is 4. The molecule has 1 rings (SSSR count). The number of rotatable bonds is 4. The van der Waals surface area contributed by atoms with Crippen LogP contribution in [0.25, 0.3) is 0 Å². The predicted molar refractivity (Wildman–Crippen MR) is 127 cm³/mol. The van der Waals surface area contributed by atoms with Crippen molar-refractivity contribution in [3.63, 3.8) is 0 Å². The molecule has 1 fully saturated rings. The molecule has 1 saturated carbocycles. The second-order valence-electron chi connectivity index (χ2n) is 13.0. The van der Waals surface area contributed by atoms with Crippen LogP contribution in [0, 0.1) is 10.8 Å². The zero-order valence-electron chi connectivity index (χ0n) is 23.1. The van der Waals surface area contributed by atoms with Crippen molar-refractivity contribution in [3.05, 3.63) is 0 Å². The van der Waals surface area contributed by atoms with E-state index in [0.29, 0.717) is 12.8 Å². The zero-order chi connectivity index (χ0) is 27.0.